The number of nitrogens with zero attached hydrogens (tertiary/aromatic N) is 2. The van der Waals surface area contributed by atoms with Crippen LogP contribution >= 0.6 is 22.9 Å². The zero-order chi connectivity index (χ0) is 14.0. The Labute approximate surface area is 122 Å². The van der Waals surface area contributed by atoms with Crippen molar-refractivity contribution in [3.63, 3.8) is 0 Å². The van der Waals surface area contributed by atoms with Gasteiger partial charge in [-0.3, -0.25) is 0 Å². The van der Waals surface area contributed by atoms with E-state index in [0.29, 0.717) is 5.02 Å². The van der Waals surface area contributed by atoms with Crippen molar-refractivity contribution >= 4 is 28.6 Å². The third-order valence-electron chi connectivity index (χ3n) is 3.09. The molecule has 1 N–H and O–H groups in total. The number of aromatic nitrogens is 1. The Kier molecular flexibility index (Phi) is 4.45. The van der Waals surface area contributed by atoms with E-state index >= 15 is 0 Å². The number of aryl methyl sites for hydroxylation is 1. The number of aliphatic hydroxyl groups excluding tert-OH is 1. The Bertz CT molecular complexity index is 568. The normalized spacial score (nSPS) is 12.5. The molecule has 3 nitrogen and oxygen atoms in total. The summed E-state index contributed by atoms with van der Waals surface area (Å²) in [6.07, 6.45) is -0.499. The van der Waals surface area contributed by atoms with Crippen LogP contribution in [0.15, 0.2) is 23.7 Å². The third kappa shape index (κ3) is 3.26. The molecule has 2 aromatic rings. The van der Waals surface area contributed by atoms with Gasteiger partial charge in [-0.1, -0.05) is 17.7 Å². The van der Waals surface area contributed by atoms with Crippen LogP contribution < -0.4 is 4.90 Å². The van der Waals surface area contributed by atoms with Crippen molar-refractivity contribution in [1.29, 1.82) is 0 Å². The molecule has 0 radical (unpaired) electrons. The fourth-order valence-electron chi connectivity index (χ4n) is 1.87. The van der Waals surface area contributed by atoms with E-state index in [1.807, 2.05) is 37.7 Å². The lowest BCUT2D eigenvalue weighted by Crippen LogP contribution is -2.16. The first-order valence-corrected chi connectivity index (χ1v) is 7.32. The highest BCUT2D eigenvalue weighted by atomic mass is 35.5. The van der Waals surface area contributed by atoms with Crippen molar-refractivity contribution in [2.45, 2.75) is 26.5 Å². The molecule has 1 unspecified atom stereocenters. The van der Waals surface area contributed by atoms with Crippen molar-refractivity contribution in [2.75, 3.05) is 11.9 Å². The molecule has 0 fully saturated rings. The van der Waals surface area contributed by atoms with Crippen LogP contribution in [0.25, 0.3) is 0 Å². The molecule has 0 saturated carbocycles. The van der Waals surface area contributed by atoms with Gasteiger partial charge in [0.25, 0.3) is 0 Å². The van der Waals surface area contributed by atoms with Crippen LogP contribution in [-0.2, 0) is 6.54 Å². The molecule has 1 aromatic carbocycles. The predicted molar refractivity (Wildman–Crippen MR) is 81.0 cm³/mol. The van der Waals surface area contributed by atoms with E-state index in [1.165, 1.54) is 4.88 Å². The maximum atomic E-state index is 9.54. The fraction of sp³-hybridized carbons (Fsp3) is 0.357. The Hall–Kier alpha value is -1.10. The molecule has 5 heteroatoms. The number of anilines is 1. The summed E-state index contributed by atoms with van der Waals surface area (Å²) in [6, 6.07) is 5.67. The smallest absolute Gasteiger partial charge is 0.0798 e. The van der Waals surface area contributed by atoms with E-state index in [1.54, 1.807) is 18.3 Å². The van der Waals surface area contributed by atoms with Crippen molar-refractivity contribution in [3.05, 3.63) is 44.9 Å². The minimum Gasteiger partial charge on any atom is -0.389 e. The Morgan fingerprint density at radius 2 is 2.21 bits per heavy atom. The highest BCUT2D eigenvalue weighted by Gasteiger charge is 2.11. The average molecular weight is 297 g/mol. The summed E-state index contributed by atoms with van der Waals surface area (Å²) < 4.78 is 0. The summed E-state index contributed by atoms with van der Waals surface area (Å²) >= 11 is 7.93. The average Bonchev–Trinajstić information content (AvgIpc) is 2.74. The van der Waals surface area contributed by atoms with Crippen molar-refractivity contribution in [2.24, 2.45) is 0 Å². The van der Waals surface area contributed by atoms with Crippen LogP contribution in [0.3, 0.4) is 0 Å². The topological polar surface area (TPSA) is 36.4 Å². The number of halogens is 1. The predicted octanol–water partition coefficient (Wildman–Crippen LogP) is 3.79. The molecule has 0 saturated heterocycles. The van der Waals surface area contributed by atoms with Crippen LogP contribution in [0, 0.1) is 6.92 Å². The van der Waals surface area contributed by atoms with E-state index in [4.69, 9.17) is 11.6 Å². The second-order valence-corrected chi connectivity index (χ2v) is 5.95. The quantitative estimate of drug-likeness (QED) is 0.932. The van der Waals surface area contributed by atoms with E-state index in [9.17, 15) is 5.11 Å². The van der Waals surface area contributed by atoms with Crippen LogP contribution in [0.1, 0.15) is 29.2 Å². The van der Waals surface area contributed by atoms with Crippen molar-refractivity contribution in [1.82, 2.24) is 4.98 Å². The van der Waals surface area contributed by atoms with Gasteiger partial charge in [-0.2, -0.15) is 0 Å². The lowest BCUT2D eigenvalue weighted by Gasteiger charge is -2.21. The molecule has 1 atom stereocenters. The second-order valence-electron chi connectivity index (χ2n) is 4.60. The zero-order valence-electron chi connectivity index (χ0n) is 11.2. The lowest BCUT2D eigenvalue weighted by atomic mass is 10.1. The molecule has 1 aromatic heterocycles. The molecule has 2 rings (SSSR count). The summed E-state index contributed by atoms with van der Waals surface area (Å²) in [5, 5.41) is 10.2. The molecule has 1 heterocycles. The first kappa shape index (κ1) is 14.3. The number of hydrogen-bond acceptors (Lipinski definition) is 4. The Morgan fingerprint density at radius 1 is 1.47 bits per heavy atom. The van der Waals surface area contributed by atoms with Gasteiger partial charge >= 0.3 is 0 Å². The number of thiazole rings is 1. The van der Waals surface area contributed by atoms with Crippen LogP contribution in [-0.4, -0.2) is 17.1 Å². The number of rotatable bonds is 4. The van der Waals surface area contributed by atoms with Gasteiger partial charge in [0.2, 0.25) is 0 Å². The highest BCUT2D eigenvalue weighted by molar-refractivity contribution is 7.09. The molecule has 0 aliphatic heterocycles. The van der Waals surface area contributed by atoms with Gasteiger partial charge in [0, 0.05) is 11.9 Å². The summed E-state index contributed by atoms with van der Waals surface area (Å²) in [5.74, 6) is 0. The minimum atomic E-state index is -0.499. The van der Waals surface area contributed by atoms with Crippen molar-refractivity contribution in [3.8, 4) is 0 Å². The monoisotopic (exact) mass is 296 g/mol. The standard InChI is InChI=1S/C14H17ClN2OS/c1-9-14(19-8-16-9)7-17(3)13-5-4-11(10(2)18)6-12(13)15/h4-6,8,10,18H,7H2,1-3H3. The minimum absolute atomic E-state index is 0.499. The largest absolute Gasteiger partial charge is 0.389 e. The maximum Gasteiger partial charge on any atom is 0.0798 e. The first-order valence-electron chi connectivity index (χ1n) is 6.06. The van der Waals surface area contributed by atoms with E-state index < -0.39 is 6.10 Å². The van der Waals surface area contributed by atoms with Gasteiger partial charge in [0.15, 0.2) is 0 Å². The zero-order valence-corrected chi connectivity index (χ0v) is 12.8. The van der Waals surface area contributed by atoms with Crippen LogP contribution in [0.2, 0.25) is 5.02 Å². The molecule has 19 heavy (non-hydrogen) atoms. The van der Waals surface area contributed by atoms with Crippen LogP contribution in [0.4, 0.5) is 5.69 Å². The first-order chi connectivity index (χ1) is 8.99. The molecular weight excluding hydrogens is 280 g/mol. The van der Waals surface area contributed by atoms with Gasteiger partial charge in [-0.15, -0.1) is 11.3 Å². The maximum absolute atomic E-state index is 9.54. The third-order valence-corrected chi connectivity index (χ3v) is 4.31. The summed E-state index contributed by atoms with van der Waals surface area (Å²) in [7, 11) is 2.00. The van der Waals surface area contributed by atoms with E-state index in [0.717, 1.165) is 23.5 Å². The molecule has 102 valence electrons. The van der Waals surface area contributed by atoms with Crippen LogP contribution in [0.5, 0.6) is 0 Å². The fourth-order valence-corrected chi connectivity index (χ4v) is 3.03. The Morgan fingerprint density at radius 3 is 2.74 bits per heavy atom. The SMILES string of the molecule is Cc1ncsc1CN(C)c1ccc(C(C)O)cc1Cl. The molecule has 0 amide bonds. The van der Waals surface area contributed by atoms with E-state index in [2.05, 4.69) is 9.88 Å². The summed E-state index contributed by atoms with van der Waals surface area (Å²) in [4.78, 5) is 7.58. The molecule has 0 aliphatic rings. The molecule has 0 bridgehead atoms. The van der Waals surface area contributed by atoms with E-state index in [-0.39, 0.29) is 0 Å². The van der Waals surface area contributed by atoms with Gasteiger partial charge in [-0.25, -0.2) is 4.98 Å². The number of hydrogen-bond donors (Lipinski definition) is 1. The van der Waals surface area contributed by atoms with Gasteiger partial charge in [0.05, 0.1) is 34.6 Å². The molecule has 0 aliphatic carbocycles. The van der Waals surface area contributed by atoms with Gasteiger partial charge in [-0.05, 0) is 31.5 Å². The summed E-state index contributed by atoms with van der Waals surface area (Å²) in [5.41, 5.74) is 4.71. The number of aliphatic hydroxyl groups is 1. The second kappa shape index (κ2) is 5.90. The molecule has 0 spiro atoms. The van der Waals surface area contributed by atoms with Crippen molar-refractivity contribution < 1.29 is 5.11 Å². The van der Waals surface area contributed by atoms with Gasteiger partial charge in [0.1, 0.15) is 0 Å². The Balaban J connectivity index is 2.20. The lowest BCUT2D eigenvalue weighted by molar-refractivity contribution is 0.199. The molecular formula is C14H17ClN2OS. The highest BCUT2D eigenvalue weighted by Crippen LogP contribution is 2.30. The van der Waals surface area contributed by atoms with Gasteiger partial charge < -0.3 is 10.0 Å². The summed E-state index contributed by atoms with van der Waals surface area (Å²) in [6.45, 7) is 4.53. The number of benzene rings is 1.